The van der Waals surface area contributed by atoms with Crippen molar-refractivity contribution in [2.75, 3.05) is 0 Å². The minimum Gasteiger partial charge on any atom is -0.340 e. The van der Waals surface area contributed by atoms with E-state index in [1.165, 1.54) is 65.0 Å². The SMILES string of the molecule is CCCCC(CC)CCn1c2ccc(C(C)C)cc2c2cc(C(C)(C)C)ccc21. The summed E-state index contributed by atoms with van der Waals surface area (Å²) in [6.07, 6.45) is 6.61. The van der Waals surface area contributed by atoms with Crippen LogP contribution in [0.4, 0.5) is 0 Å². The second-order valence-corrected chi connectivity index (χ2v) is 10.3. The van der Waals surface area contributed by atoms with Gasteiger partial charge in [0.25, 0.3) is 0 Å². The van der Waals surface area contributed by atoms with Crippen molar-refractivity contribution in [1.29, 1.82) is 0 Å². The maximum Gasteiger partial charge on any atom is 0.0491 e. The molecule has 0 radical (unpaired) electrons. The fourth-order valence-corrected chi connectivity index (χ4v) is 4.55. The summed E-state index contributed by atoms with van der Waals surface area (Å²) in [7, 11) is 0. The van der Waals surface area contributed by atoms with Gasteiger partial charge in [0, 0.05) is 28.4 Å². The summed E-state index contributed by atoms with van der Waals surface area (Å²) in [6.45, 7) is 17.3. The zero-order valence-electron chi connectivity index (χ0n) is 19.8. The summed E-state index contributed by atoms with van der Waals surface area (Å²) in [5.41, 5.74) is 5.84. The number of benzene rings is 2. The van der Waals surface area contributed by atoms with Crippen molar-refractivity contribution < 1.29 is 0 Å². The Morgan fingerprint density at radius 3 is 2.10 bits per heavy atom. The highest BCUT2D eigenvalue weighted by Gasteiger charge is 2.18. The van der Waals surface area contributed by atoms with Crippen molar-refractivity contribution in [3.8, 4) is 0 Å². The molecule has 0 spiro atoms. The maximum absolute atomic E-state index is 2.59. The van der Waals surface area contributed by atoms with E-state index in [4.69, 9.17) is 0 Å². The van der Waals surface area contributed by atoms with Gasteiger partial charge in [0.15, 0.2) is 0 Å². The Morgan fingerprint density at radius 2 is 1.52 bits per heavy atom. The number of aromatic nitrogens is 1. The van der Waals surface area contributed by atoms with Crippen molar-refractivity contribution in [3.63, 3.8) is 0 Å². The van der Waals surface area contributed by atoms with Gasteiger partial charge in [-0.1, -0.05) is 86.3 Å². The minimum atomic E-state index is 0.172. The molecule has 0 saturated heterocycles. The molecular formula is C28H41N. The second kappa shape index (κ2) is 8.94. The van der Waals surface area contributed by atoms with Crippen LogP contribution in [0.15, 0.2) is 36.4 Å². The highest BCUT2D eigenvalue weighted by Crippen LogP contribution is 2.35. The predicted molar refractivity (Wildman–Crippen MR) is 130 cm³/mol. The van der Waals surface area contributed by atoms with E-state index in [1.807, 2.05) is 0 Å². The number of hydrogen-bond acceptors (Lipinski definition) is 0. The number of hydrogen-bond donors (Lipinski definition) is 0. The van der Waals surface area contributed by atoms with E-state index in [2.05, 4.69) is 89.4 Å². The first-order valence-corrected chi connectivity index (χ1v) is 11.8. The van der Waals surface area contributed by atoms with Gasteiger partial charge in [-0.15, -0.1) is 0 Å². The van der Waals surface area contributed by atoms with Gasteiger partial charge in [-0.05, 0) is 59.1 Å². The summed E-state index contributed by atoms with van der Waals surface area (Å²) in [5, 5.41) is 2.86. The molecule has 0 bridgehead atoms. The molecule has 158 valence electrons. The fraction of sp³-hybridized carbons (Fsp3) is 0.571. The number of aryl methyl sites for hydroxylation is 1. The van der Waals surface area contributed by atoms with Gasteiger partial charge in [-0.2, -0.15) is 0 Å². The van der Waals surface area contributed by atoms with Crippen LogP contribution in [0.2, 0.25) is 0 Å². The minimum absolute atomic E-state index is 0.172. The average molecular weight is 392 g/mol. The van der Waals surface area contributed by atoms with Gasteiger partial charge >= 0.3 is 0 Å². The topological polar surface area (TPSA) is 4.93 Å². The average Bonchev–Trinajstić information content (AvgIpc) is 3.00. The smallest absolute Gasteiger partial charge is 0.0491 e. The van der Waals surface area contributed by atoms with Crippen LogP contribution in [0, 0.1) is 5.92 Å². The lowest BCUT2D eigenvalue weighted by atomic mass is 9.86. The molecule has 1 atom stereocenters. The Bertz CT molecular complexity index is 952. The van der Waals surface area contributed by atoms with E-state index in [0.717, 1.165) is 12.5 Å². The Morgan fingerprint density at radius 1 is 0.862 bits per heavy atom. The molecule has 1 aromatic heterocycles. The molecule has 1 nitrogen and oxygen atoms in total. The van der Waals surface area contributed by atoms with E-state index < -0.39 is 0 Å². The molecule has 2 aromatic carbocycles. The third-order valence-corrected chi connectivity index (χ3v) is 6.73. The molecule has 0 fully saturated rings. The normalized spacial score (nSPS) is 13.7. The van der Waals surface area contributed by atoms with Gasteiger partial charge < -0.3 is 4.57 Å². The predicted octanol–water partition coefficient (Wildman–Crippen LogP) is 8.82. The summed E-state index contributed by atoms with van der Waals surface area (Å²) in [4.78, 5) is 0. The van der Waals surface area contributed by atoms with Gasteiger partial charge in [0.2, 0.25) is 0 Å². The number of unbranched alkanes of at least 4 members (excludes halogenated alkanes) is 1. The quantitative estimate of drug-likeness (QED) is 0.361. The molecule has 0 aliphatic heterocycles. The molecule has 0 amide bonds. The first kappa shape index (κ1) is 21.9. The van der Waals surface area contributed by atoms with Crippen molar-refractivity contribution in [2.24, 2.45) is 5.92 Å². The van der Waals surface area contributed by atoms with Crippen LogP contribution < -0.4 is 0 Å². The molecule has 0 N–H and O–H groups in total. The molecule has 0 saturated carbocycles. The lowest BCUT2D eigenvalue weighted by Crippen LogP contribution is -2.10. The highest BCUT2D eigenvalue weighted by molar-refractivity contribution is 6.08. The molecule has 0 aliphatic carbocycles. The second-order valence-electron chi connectivity index (χ2n) is 10.3. The van der Waals surface area contributed by atoms with Crippen molar-refractivity contribution in [2.45, 2.75) is 98.4 Å². The molecule has 1 heterocycles. The lowest BCUT2D eigenvalue weighted by Gasteiger charge is -2.19. The molecular weight excluding hydrogens is 350 g/mol. The Hall–Kier alpha value is -1.76. The number of fused-ring (bicyclic) bond motifs is 3. The largest absolute Gasteiger partial charge is 0.340 e. The maximum atomic E-state index is 2.59. The summed E-state index contributed by atoms with van der Waals surface area (Å²) in [6, 6.07) is 14.3. The van der Waals surface area contributed by atoms with Gasteiger partial charge in [-0.25, -0.2) is 0 Å². The van der Waals surface area contributed by atoms with E-state index in [-0.39, 0.29) is 5.41 Å². The van der Waals surface area contributed by atoms with Crippen LogP contribution in [0.3, 0.4) is 0 Å². The van der Waals surface area contributed by atoms with Crippen LogP contribution >= 0.6 is 0 Å². The number of rotatable bonds is 8. The van der Waals surface area contributed by atoms with Crippen molar-refractivity contribution in [3.05, 3.63) is 47.5 Å². The summed E-state index contributed by atoms with van der Waals surface area (Å²) < 4.78 is 2.59. The van der Waals surface area contributed by atoms with E-state index in [9.17, 15) is 0 Å². The van der Waals surface area contributed by atoms with E-state index >= 15 is 0 Å². The van der Waals surface area contributed by atoms with E-state index in [0.29, 0.717) is 5.92 Å². The Labute approximate surface area is 178 Å². The third-order valence-electron chi connectivity index (χ3n) is 6.73. The van der Waals surface area contributed by atoms with Crippen LogP contribution in [0.25, 0.3) is 21.8 Å². The number of nitrogens with zero attached hydrogens (tertiary/aromatic N) is 1. The van der Waals surface area contributed by atoms with E-state index in [1.54, 1.807) is 0 Å². The Balaban J connectivity index is 2.09. The third kappa shape index (κ3) is 4.71. The van der Waals surface area contributed by atoms with Gasteiger partial charge in [-0.3, -0.25) is 0 Å². The van der Waals surface area contributed by atoms with Gasteiger partial charge in [0.1, 0.15) is 0 Å². The van der Waals surface area contributed by atoms with Crippen LogP contribution in [-0.2, 0) is 12.0 Å². The molecule has 0 aliphatic rings. The first-order chi connectivity index (χ1) is 13.8. The fourth-order valence-electron chi connectivity index (χ4n) is 4.55. The standard InChI is InChI=1S/C28H41N/c1-8-10-11-21(9-2)16-17-29-26-14-12-22(20(3)4)18-24(26)25-19-23(28(5,6)7)13-15-27(25)29/h12-15,18-21H,8-11,16-17H2,1-7H3. The van der Waals surface area contributed by atoms with Crippen LogP contribution in [0.1, 0.15) is 97.6 Å². The lowest BCUT2D eigenvalue weighted by molar-refractivity contribution is 0.400. The Kier molecular flexibility index (Phi) is 6.76. The summed E-state index contributed by atoms with van der Waals surface area (Å²) >= 11 is 0. The van der Waals surface area contributed by atoms with Crippen LogP contribution in [0.5, 0.6) is 0 Å². The molecule has 1 heteroatoms. The summed E-state index contributed by atoms with van der Waals surface area (Å²) in [5.74, 6) is 1.40. The zero-order chi connectivity index (χ0) is 21.2. The van der Waals surface area contributed by atoms with Crippen LogP contribution in [-0.4, -0.2) is 4.57 Å². The first-order valence-electron chi connectivity index (χ1n) is 11.8. The molecule has 1 unspecified atom stereocenters. The molecule has 3 aromatic rings. The highest BCUT2D eigenvalue weighted by atomic mass is 15.0. The van der Waals surface area contributed by atoms with Crippen molar-refractivity contribution in [1.82, 2.24) is 4.57 Å². The van der Waals surface area contributed by atoms with Gasteiger partial charge in [0.05, 0.1) is 0 Å². The molecule has 3 rings (SSSR count). The monoisotopic (exact) mass is 391 g/mol. The van der Waals surface area contributed by atoms with Crippen molar-refractivity contribution >= 4 is 21.8 Å². The molecule has 29 heavy (non-hydrogen) atoms. The zero-order valence-corrected chi connectivity index (χ0v) is 19.8.